The monoisotopic (exact) mass is 843 g/mol. The number of carbonyl (C=O) groups excluding carboxylic acids is 3. The lowest BCUT2D eigenvalue weighted by molar-refractivity contribution is -0.167. The lowest BCUT2D eigenvalue weighted by Crippen LogP contribution is -2.30. The van der Waals surface area contributed by atoms with Crippen molar-refractivity contribution in [3.63, 3.8) is 0 Å². The van der Waals surface area contributed by atoms with E-state index in [1.165, 1.54) is 12.8 Å². The van der Waals surface area contributed by atoms with Gasteiger partial charge < -0.3 is 14.2 Å². The molecule has 342 valence electrons. The minimum atomic E-state index is -0.817. The van der Waals surface area contributed by atoms with Crippen molar-refractivity contribution >= 4 is 17.9 Å². The van der Waals surface area contributed by atoms with Crippen LogP contribution in [0, 0.1) is 0 Å². The van der Waals surface area contributed by atoms with Crippen LogP contribution in [0.5, 0.6) is 0 Å². The highest BCUT2D eigenvalue weighted by molar-refractivity contribution is 5.71. The first-order valence-electron chi connectivity index (χ1n) is 24.1. The highest BCUT2D eigenvalue weighted by atomic mass is 16.6. The molecule has 0 saturated carbocycles. The molecule has 0 aromatic heterocycles. The number of esters is 3. The van der Waals surface area contributed by atoms with Crippen LogP contribution in [-0.2, 0) is 28.6 Å². The summed E-state index contributed by atoms with van der Waals surface area (Å²) in [5, 5.41) is 0. The van der Waals surface area contributed by atoms with Gasteiger partial charge in [0.15, 0.2) is 6.10 Å². The second-order valence-corrected chi connectivity index (χ2v) is 15.3. The normalized spacial score (nSPS) is 13.2. The molecule has 0 aromatic carbocycles. The van der Waals surface area contributed by atoms with E-state index in [2.05, 4.69) is 136 Å². The Kier molecular flexibility index (Phi) is 45.1. The van der Waals surface area contributed by atoms with Crippen LogP contribution in [0.25, 0.3) is 0 Å². The molecular weight excluding hydrogens is 757 g/mol. The van der Waals surface area contributed by atoms with Crippen molar-refractivity contribution in [3.8, 4) is 0 Å². The standard InChI is InChI=1S/C55H86O6/c1-4-7-10-13-16-19-22-24-25-26-27-28-29-31-33-36-39-42-45-48-54(57)60-51-52(50-59-53(56)47-44-41-38-35-32-21-18-15-12-9-6-3)61-55(58)49-46-43-40-37-34-30-23-20-17-14-11-8-5-2/h7-12,14,16-21,23-25,27-28,35,38,52H,4-6,13,15,22,26,29-34,36-37,39-51H2,1-3H3/b10-7-,11-8-,12-9-,17-14-,19-16-,21-18-,23-20-,25-24-,28-27-,38-35-. The summed E-state index contributed by atoms with van der Waals surface area (Å²) >= 11 is 0. The summed E-state index contributed by atoms with van der Waals surface area (Å²) in [6.07, 6.45) is 66.2. The highest BCUT2D eigenvalue weighted by Gasteiger charge is 2.19. The maximum atomic E-state index is 12.7. The summed E-state index contributed by atoms with van der Waals surface area (Å²) in [5.41, 5.74) is 0. The number of carbonyl (C=O) groups is 3. The van der Waals surface area contributed by atoms with Crippen LogP contribution in [-0.4, -0.2) is 37.2 Å². The van der Waals surface area contributed by atoms with Crippen molar-refractivity contribution in [1.29, 1.82) is 0 Å². The van der Waals surface area contributed by atoms with E-state index >= 15 is 0 Å². The van der Waals surface area contributed by atoms with Crippen molar-refractivity contribution in [2.75, 3.05) is 13.2 Å². The van der Waals surface area contributed by atoms with Gasteiger partial charge in [-0.25, -0.2) is 0 Å². The van der Waals surface area contributed by atoms with Crippen molar-refractivity contribution < 1.29 is 28.6 Å². The molecule has 0 fully saturated rings. The summed E-state index contributed by atoms with van der Waals surface area (Å²) in [7, 11) is 0. The zero-order valence-electron chi connectivity index (χ0n) is 38.9. The van der Waals surface area contributed by atoms with Gasteiger partial charge in [-0.05, 0) is 103 Å². The molecule has 1 unspecified atom stereocenters. The van der Waals surface area contributed by atoms with Gasteiger partial charge in [-0.15, -0.1) is 0 Å². The Bertz CT molecular complexity index is 1340. The van der Waals surface area contributed by atoms with Crippen molar-refractivity contribution in [2.45, 2.75) is 194 Å². The molecule has 0 aliphatic heterocycles. The molecule has 0 rings (SSSR count). The second-order valence-electron chi connectivity index (χ2n) is 15.3. The largest absolute Gasteiger partial charge is 0.462 e. The molecule has 0 aliphatic rings. The smallest absolute Gasteiger partial charge is 0.306 e. The molecule has 61 heavy (non-hydrogen) atoms. The van der Waals surface area contributed by atoms with Crippen LogP contribution in [0.1, 0.15) is 188 Å². The number of unbranched alkanes of at least 4 members (excludes halogenated alkanes) is 12. The van der Waals surface area contributed by atoms with Crippen LogP contribution >= 0.6 is 0 Å². The number of allylic oxidation sites excluding steroid dienone is 20. The molecule has 0 saturated heterocycles. The van der Waals surface area contributed by atoms with E-state index in [1.807, 2.05) is 6.08 Å². The first kappa shape index (κ1) is 56.8. The predicted octanol–water partition coefficient (Wildman–Crippen LogP) is 15.7. The van der Waals surface area contributed by atoms with Crippen LogP contribution < -0.4 is 0 Å². The van der Waals surface area contributed by atoms with Gasteiger partial charge in [0, 0.05) is 19.3 Å². The number of ether oxygens (including phenoxy) is 3. The fourth-order valence-electron chi connectivity index (χ4n) is 5.98. The third kappa shape index (κ3) is 46.7. The SMILES string of the molecule is CC\C=C/C=C\C=C/CCCCCCCC(=O)OC(COC(=O)CCC/C=C\C/C=C\C/C=C\CC)COC(=O)CCCCCCCC/C=C\C/C=C\C/C=C\C/C=C\CC. The molecule has 0 aromatic rings. The molecule has 0 heterocycles. The molecule has 0 amide bonds. The van der Waals surface area contributed by atoms with Gasteiger partial charge in [0.05, 0.1) is 0 Å². The second kappa shape index (κ2) is 48.5. The molecule has 0 aliphatic carbocycles. The fourth-order valence-corrected chi connectivity index (χ4v) is 5.98. The molecule has 0 bridgehead atoms. The average Bonchev–Trinajstić information content (AvgIpc) is 3.26. The van der Waals surface area contributed by atoms with Crippen LogP contribution in [0.2, 0.25) is 0 Å². The Morgan fingerprint density at radius 2 is 0.689 bits per heavy atom. The van der Waals surface area contributed by atoms with E-state index in [-0.39, 0.29) is 44.0 Å². The minimum absolute atomic E-state index is 0.114. The van der Waals surface area contributed by atoms with Gasteiger partial charge in [-0.3, -0.25) is 14.4 Å². The van der Waals surface area contributed by atoms with Crippen molar-refractivity contribution in [2.24, 2.45) is 0 Å². The maximum Gasteiger partial charge on any atom is 0.306 e. The van der Waals surface area contributed by atoms with Gasteiger partial charge in [0.25, 0.3) is 0 Å². The predicted molar refractivity (Wildman–Crippen MR) is 260 cm³/mol. The molecule has 0 N–H and O–H groups in total. The summed E-state index contributed by atoms with van der Waals surface area (Å²) in [4.78, 5) is 37.8. The third-order valence-corrected chi connectivity index (χ3v) is 9.50. The topological polar surface area (TPSA) is 78.9 Å². The Balaban J connectivity index is 4.47. The van der Waals surface area contributed by atoms with E-state index in [0.29, 0.717) is 12.8 Å². The maximum absolute atomic E-state index is 12.7. The third-order valence-electron chi connectivity index (χ3n) is 9.50. The Labute approximate surface area is 373 Å². The Morgan fingerprint density at radius 1 is 0.344 bits per heavy atom. The summed E-state index contributed by atoms with van der Waals surface area (Å²) in [6, 6.07) is 0. The average molecular weight is 843 g/mol. The lowest BCUT2D eigenvalue weighted by atomic mass is 10.1. The molecule has 6 heteroatoms. The van der Waals surface area contributed by atoms with Crippen LogP contribution in [0.4, 0.5) is 0 Å². The van der Waals surface area contributed by atoms with E-state index in [9.17, 15) is 14.4 Å². The molecule has 0 spiro atoms. The van der Waals surface area contributed by atoms with E-state index in [4.69, 9.17) is 14.2 Å². The number of rotatable bonds is 41. The Hall–Kier alpha value is -4.19. The molecule has 0 radical (unpaired) electrons. The van der Waals surface area contributed by atoms with E-state index < -0.39 is 6.10 Å². The van der Waals surface area contributed by atoms with Crippen LogP contribution in [0.15, 0.2) is 122 Å². The molecule has 6 nitrogen and oxygen atoms in total. The Morgan fingerprint density at radius 3 is 1.16 bits per heavy atom. The van der Waals surface area contributed by atoms with Crippen molar-refractivity contribution in [1.82, 2.24) is 0 Å². The van der Waals surface area contributed by atoms with Gasteiger partial charge in [0.1, 0.15) is 13.2 Å². The first-order valence-corrected chi connectivity index (χ1v) is 24.1. The van der Waals surface area contributed by atoms with Crippen LogP contribution in [0.3, 0.4) is 0 Å². The summed E-state index contributed by atoms with van der Waals surface area (Å²) in [5.74, 6) is -1.02. The zero-order valence-corrected chi connectivity index (χ0v) is 38.9. The molecular formula is C55H86O6. The fraction of sp³-hybridized carbons (Fsp3) is 0.582. The highest BCUT2D eigenvalue weighted by Crippen LogP contribution is 2.12. The van der Waals surface area contributed by atoms with Gasteiger partial charge in [0.2, 0.25) is 0 Å². The number of hydrogen-bond donors (Lipinski definition) is 0. The minimum Gasteiger partial charge on any atom is -0.462 e. The summed E-state index contributed by atoms with van der Waals surface area (Å²) in [6.45, 7) is 6.17. The molecule has 1 atom stereocenters. The first-order chi connectivity index (χ1) is 30.0. The van der Waals surface area contributed by atoms with Gasteiger partial charge in [-0.2, -0.15) is 0 Å². The van der Waals surface area contributed by atoms with E-state index in [0.717, 1.165) is 128 Å². The van der Waals surface area contributed by atoms with Crippen molar-refractivity contribution in [3.05, 3.63) is 122 Å². The van der Waals surface area contributed by atoms with Gasteiger partial charge >= 0.3 is 17.9 Å². The van der Waals surface area contributed by atoms with E-state index in [1.54, 1.807) is 0 Å². The number of hydrogen-bond acceptors (Lipinski definition) is 6. The zero-order chi connectivity index (χ0) is 44.4. The van der Waals surface area contributed by atoms with Gasteiger partial charge in [-0.1, -0.05) is 187 Å². The lowest BCUT2D eigenvalue weighted by Gasteiger charge is -2.18. The summed E-state index contributed by atoms with van der Waals surface area (Å²) < 4.78 is 16.7. The quantitative estimate of drug-likeness (QED) is 0.0201.